The van der Waals surface area contributed by atoms with Crippen molar-refractivity contribution in [2.24, 2.45) is 0 Å². The van der Waals surface area contributed by atoms with Crippen molar-refractivity contribution in [3.05, 3.63) is 41.2 Å². The molecule has 0 radical (unpaired) electrons. The molecule has 88 valence electrons. The maximum atomic E-state index is 12.0. The summed E-state index contributed by atoms with van der Waals surface area (Å²) in [6.07, 6.45) is 1.92. The van der Waals surface area contributed by atoms with E-state index in [9.17, 15) is 14.7 Å². The molecule has 0 heterocycles. The zero-order valence-corrected chi connectivity index (χ0v) is 9.40. The zero-order valence-electron chi connectivity index (χ0n) is 9.40. The van der Waals surface area contributed by atoms with Gasteiger partial charge in [0.1, 0.15) is 5.75 Å². The molecule has 0 unspecified atom stereocenters. The third kappa shape index (κ3) is 1.93. The standard InChI is InChI=1S/C13H12O4/c1-2-6-17-11-7-10(15)8-4-3-5-9(14)12(8)13(11)16/h3-5,7,14H,2,6H2,1H3. The molecule has 0 aromatic heterocycles. The quantitative estimate of drug-likeness (QED) is 0.866. The van der Waals surface area contributed by atoms with Crippen LogP contribution < -0.4 is 0 Å². The van der Waals surface area contributed by atoms with Gasteiger partial charge in [0.2, 0.25) is 5.78 Å². The largest absolute Gasteiger partial charge is 0.507 e. The first-order valence-corrected chi connectivity index (χ1v) is 5.40. The average molecular weight is 232 g/mol. The molecule has 0 aliphatic heterocycles. The van der Waals surface area contributed by atoms with Crippen LogP contribution in [0.4, 0.5) is 0 Å². The van der Waals surface area contributed by atoms with Crippen molar-refractivity contribution in [1.29, 1.82) is 0 Å². The highest BCUT2D eigenvalue weighted by Crippen LogP contribution is 2.28. The number of ketones is 2. The third-order valence-corrected chi connectivity index (χ3v) is 2.48. The predicted molar refractivity (Wildman–Crippen MR) is 61.1 cm³/mol. The number of hydrogen-bond donors (Lipinski definition) is 1. The van der Waals surface area contributed by atoms with E-state index >= 15 is 0 Å². The van der Waals surface area contributed by atoms with Crippen LogP contribution in [0.15, 0.2) is 30.0 Å². The van der Waals surface area contributed by atoms with Crippen molar-refractivity contribution in [3.8, 4) is 5.75 Å². The van der Waals surface area contributed by atoms with Gasteiger partial charge in [-0.25, -0.2) is 0 Å². The minimum Gasteiger partial charge on any atom is -0.507 e. The molecular weight excluding hydrogens is 220 g/mol. The molecule has 1 N–H and O–H groups in total. The molecule has 0 saturated carbocycles. The van der Waals surface area contributed by atoms with Crippen molar-refractivity contribution in [2.45, 2.75) is 13.3 Å². The molecule has 0 fully saturated rings. The van der Waals surface area contributed by atoms with E-state index in [0.29, 0.717) is 6.61 Å². The number of fused-ring (bicyclic) bond motifs is 1. The molecule has 1 aromatic carbocycles. The lowest BCUT2D eigenvalue weighted by molar-refractivity contribution is 0.0880. The summed E-state index contributed by atoms with van der Waals surface area (Å²) in [6.45, 7) is 2.27. The van der Waals surface area contributed by atoms with Gasteiger partial charge in [0.05, 0.1) is 12.2 Å². The fourth-order valence-electron chi connectivity index (χ4n) is 1.69. The number of rotatable bonds is 3. The average Bonchev–Trinajstić information content (AvgIpc) is 2.32. The van der Waals surface area contributed by atoms with Crippen LogP contribution in [0.1, 0.15) is 34.1 Å². The molecule has 1 aromatic rings. The van der Waals surface area contributed by atoms with Crippen molar-refractivity contribution >= 4 is 11.6 Å². The Kier molecular flexibility index (Phi) is 2.95. The second-order valence-corrected chi connectivity index (χ2v) is 3.75. The first kappa shape index (κ1) is 11.4. The smallest absolute Gasteiger partial charge is 0.232 e. The lowest BCUT2D eigenvalue weighted by atomic mass is 9.93. The Balaban J connectivity index is 2.44. The Labute approximate surface area is 98.5 Å². The summed E-state index contributed by atoms with van der Waals surface area (Å²) in [6, 6.07) is 4.43. The number of phenols is 1. The number of carbonyl (C=O) groups excluding carboxylic acids is 2. The summed E-state index contributed by atoms with van der Waals surface area (Å²) in [4.78, 5) is 23.7. The van der Waals surface area contributed by atoms with Gasteiger partial charge in [0.25, 0.3) is 0 Å². The van der Waals surface area contributed by atoms with Crippen LogP contribution in [0.2, 0.25) is 0 Å². The van der Waals surface area contributed by atoms with Crippen molar-refractivity contribution < 1.29 is 19.4 Å². The highest BCUT2D eigenvalue weighted by molar-refractivity contribution is 6.24. The molecule has 1 aliphatic rings. The van der Waals surface area contributed by atoms with Gasteiger partial charge in [0, 0.05) is 11.6 Å². The molecular formula is C13H12O4. The van der Waals surface area contributed by atoms with E-state index < -0.39 is 5.78 Å². The van der Waals surface area contributed by atoms with Crippen LogP contribution in [-0.4, -0.2) is 23.3 Å². The van der Waals surface area contributed by atoms with Gasteiger partial charge in [0.15, 0.2) is 11.5 Å². The van der Waals surface area contributed by atoms with Gasteiger partial charge in [-0.2, -0.15) is 0 Å². The van der Waals surface area contributed by atoms with Gasteiger partial charge >= 0.3 is 0 Å². The van der Waals surface area contributed by atoms with Gasteiger partial charge in [-0.1, -0.05) is 19.1 Å². The minimum atomic E-state index is -0.439. The van der Waals surface area contributed by atoms with Crippen molar-refractivity contribution in [2.75, 3.05) is 6.61 Å². The molecule has 4 heteroatoms. The number of aromatic hydroxyl groups is 1. The van der Waals surface area contributed by atoms with Crippen molar-refractivity contribution in [1.82, 2.24) is 0 Å². The van der Waals surface area contributed by atoms with E-state index in [2.05, 4.69) is 0 Å². The Morgan fingerprint density at radius 1 is 1.29 bits per heavy atom. The van der Waals surface area contributed by atoms with Crippen LogP contribution in [0.5, 0.6) is 5.75 Å². The molecule has 0 amide bonds. The number of benzene rings is 1. The molecule has 0 spiro atoms. The van der Waals surface area contributed by atoms with Gasteiger partial charge in [-0.3, -0.25) is 9.59 Å². The van der Waals surface area contributed by atoms with Crippen LogP contribution in [0, 0.1) is 0 Å². The summed E-state index contributed by atoms with van der Waals surface area (Å²) in [5.74, 6) is -0.940. The van der Waals surface area contributed by atoms with Crippen molar-refractivity contribution in [3.63, 3.8) is 0 Å². The lowest BCUT2D eigenvalue weighted by Gasteiger charge is -2.16. The highest BCUT2D eigenvalue weighted by atomic mass is 16.5. The van der Waals surface area contributed by atoms with Crippen LogP contribution in [-0.2, 0) is 4.74 Å². The second kappa shape index (κ2) is 4.41. The molecule has 17 heavy (non-hydrogen) atoms. The zero-order chi connectivity index (χ0) is 12.4. The highest BCUT2D eigenvalue weighted by Gasteiger charge is 2.29. The molecule has 0 bridgehead atoms. The fourth-order valence-corrected chi connectivity index (χ4v) is 1.69. The number of hydrogen-bond acceptors (Lipinski definition) is 4. The first-order chi connectivity index (χ1) is 8.15. The Morgan fingerprint density at radius 3 is 2.76 bits per heavy atom. The van der Waals surface area contributed by atoms with Gasteiger partial charge < -0.3 is 9.84 Å². The Morgan fingerprint density at radius 2 is 2.06 bits per heavy atom. The van der Waals surface area contributed by atoms with E-state index in [0.717, 1.165) is 6.42 Å². The lowest BCUT2D eigenvalue weighted by Crippen LogP contribution is -2.19. The van der Waals surface area contributed by atoms with Gasteiger partial charge in [-0.05, 0) is 12.5 Å². The molecule has 1 aliphatic carbocycles. The van der Waals surface area contributed by atoms with Gasteiger partial charge in [-0.15, -0.1) is 0 Å². The van der Waals surface area contributed by atoms with Crippen LogP contribution >= 0.6 is 0 Å². The SMILES string of the molecule is CCCOC1=CC(=O)c2cccc(O)c2C1=O. The Bertz CT molecular complexity index is 514. The molecule has 0 saturated heterocycles. The molecule has 0 atom stereocenters. The van der Waals surface area contributed by atoms with E-state index in [1.54, 1.807) is 0 Å². The summed E-state index contributed by atoms with van der Waals surface area (Å²) in [5, 5.41) is 9.63. The summed E-state index contributed by atoms with van der Waals surface area (Å²) in [5.41, 5.74) is 0.255. The number of phenolic OH excluding ortho intramolecular Hbond substituents is 1. The number of carbonyl (C=O) groups is 2. The first-order valence-electron chi connectivity index (χ1n) is 5.40. The summed E-state index contributed by atoms with van der Waals surface area (Å²) >= 11 is 0. The van der Waals surface area contributed by atoms with E-state index in [1.807, 2.05) is 6.92 Å². The normalized spacial score (nSPS) is 14.3. The van der Waals surface area contributed by atoms with E-state index in [-0.39, 0.29) is 28.4 Å². The maximum absolute atomic E-state index is 12.0. The summed E-state index contributed by atoms with van der Waals surface area (Å²) < 4.78 is 5.21. The molecule has 2 rings (SSSR count). The monoisotopic (exact) mass is 232 g/mol. The number of Topliss-reactive ketones (excluding diaryl/α,β-unsaturated/α-hetero) is 1. The second-order valence-electron chi connectivity index (χ2n) is 3.75. The summed E-state index contributed by atoms with van der Waals surface area (Å²) in [7, 11) is 0. The predicted octanol–water partition coefficient (Wildman–Crippen LogP) is 2.08. The maximum Gasteiger partial charge on any atom is 0.232 e. The number of ether oxygens (including phenoxy) is 1. The molecule has 4 nitrogen and oxygen atoms in total. The van der Waals surface area contributed by atoms with E-state index in [1.165, 1.54) is 24.3 Å². The number of allylic oxidation sites excluding steroid dienone is 2. The van der Waals surface area contributed by atoms with Crippen LogP contribution in [0.25, 0.3) is 0 Å². The Hall–Kier alpha value is -2.10. The van der Waals surface area contributed by atoms with Crippen LogP contribution in [0.3, 0.4) is 0 Å². The van der Waals surface area contributed by atoms with E-state index in [4.69, 9.17) is 4.74 Å². The topological polar surface area (TPSA) is 63.6 Å². The fraction of sp³-hybridized carbons (Fsp3) is 0.231. The third-order valence-electron chi connectivity index (χ3n) is 2.48. The minimum absolute atomic E-state index is 0.00542.